The minimum Gasteiger partial charge on any atom is -0.338 e. The molecular formula is C13H10BrN3. The first kappa shape index (κ1) is 11.6. The second-order valence-electron chi connectivity index (χ2n) is 3.57. The van der Waals surface area contributed by atoms with E-state index in [1.807, 2.05) is 25.1 Å². The van der Waals surface area contributed by atoms with E-state index in [-0.39, 0.29) is 0 Å². The highest BCUT2D eigenvalue weighted by atomic mass is 79.9. The zero-order valence-corrected chi connectivity index (χ0v) is 10.8. The van der Waals surface area contributed by atoms with Crippen LogP contribution in [0.4, 0.5) is 11.5 Å². The second kappa shape index (κ2) is 4.98. The number of nitriles is 1. The number of nitrogens with one attached hydrogen (secondary N) is 1. The van der Waals surface area contributed by atoms with Crippen LogP contribution in [0.1, 0.15) is 11.1 Å². The predicted molar refractivity (Wildman–Crippen MR) is 71.1 cm³/mol. The maximum Gasteiger partial charge on any atom is 0.148 e. The molecule has 0 saturated carbocycles. The van der Waals surface area contributed by atoms with Crippen molar-refractivity contribution in [3.63, 3.8) is 0 Å². The molecule has 0 spiro atoms. The Kier molecular flexibility index (Phi) is 3.40. The standard InChI is InChI=1S/C13H10BrN3/c1-9-4-2-6-11(12(9)14)17-13-10(8-15)5-3-7-16-13/h2-7H,1H3,(H,16,17). The molecule has 0 aliphatic heterocycles. The highest BCUT2D eigenvalue weighted by Crippen LogP contribution is 2.28. The third-order valence-corrected chi connectivity index (χ3v) is 3.43. The number of nitrogens with zero attached hydrogens (tertiary/aromatic N) is 2. The Labute approximate surface area is 108 Å². The van der Waals surface area contributed by atoms with Gasteiger partial charge in [-0.05, 0) is 46.6 Å². The number of aryl methyl sites for hydroxylation is 1. The summed E-state index contributed by atoms with van der Waals surface area (Å²) < 4.78 is 0.981. The summed E-state index contributed by atoms with van der Waals surface area (Å²) >= 11 is 3.51. The van der Waals surface area contributed by atoms with Crippen LogP contribution in [0.3, 0.4) is 0 Å². The van der Waals surface area contributed by atoms with Crippen LogP contribution in [0, 0.1) is 18.3 Å². The van der Waals surface area contributed by atoms with Crippen molar-refractivity contribution in [1.29, 1.82) is 5.26 Å². The van der Waals surface area contributed by atoms with E-state index in [0.29, 0.717) is 11.4 Å². The summed E-state index contributed by atoms with van der Waals surface area (Å²) in [7, 11) is 0. The first-order valence-electron chi connectivity index (χ1n) is 5.09. The minimum absolute atomic E-state index is 0.529. The molecule has 2 rings (SSSR count). The van der Waals surface area contributed by atoms with Crippen LogP contribution >= 0.6 is 15.9 Å². The Morgan fingerprint density at radius 1 is 1.29 bits per heavy atom. The van der Waals surface area contributed by atoms with Gasteiger partial charge in [-0.15, -0.1) is 0 Å². The number of rotatable bonds is 2. The van der Waals surface area contributed by atoms with Gasteiger partial charge in [0.15, 0.2) is 0 Å². The summed E-state index contributed by atoms with van der Waals surface area (Å²) in [5, 5.41) is 12.1. The van der Waals surface area contributed by atoms with E-state index >= 15 is 0 Å². The molecule has 1 N–H and O–H groups in total. The molecule has 2 aromatic rings. The van der Waals surface area contributed by atoms with Crippen molar-refractivity contribution >= 4 is 27.4 Å². The summed E-state index contributed by atoms with van der Waals surface area (Å²) in [5.74, 6) is 0.571. The molecule has 17 heavy (non-hydrogen) atoms. The topological polar surface area (TPSA) is 48.7 Å². The van der Waals surface area contributed by atoms with Crippen LogP contribution < -0.4 is 5.32 Å². The molecule has 84 valence electrons. The Balaban J connectivity index is 2.39. The zero-order valence-electron chi connectivity index (χ0n) is 9.24. The van der Waals surface area contributed by atoms with Gasteiger partial charge in [-0.1, -0.05) is 12.1 Å². The molecule has 0 bridgehead atoms. The quantitative estimate of drug-likeness (QED) is 0.915. The van der Waals surface area contributed by atoms with Gasteiger partial charge in [0.1, 0.15) is 11.9 Å². The van der Waals surface area contributed by atoms with Crippen LogP contribution in [-0.4, -0.2) is 4.98 Å². The minimum atomic E-state index is 0.529. The number of anilines is 2. The molecule has 0 amide bonds. The average molecular weight is 288 g/mol. The van der Waals surface area contributed by atoms with Crippen LogP contribution in [-0.2, 0) is 0 Å². The predicted octanol–water partition coefficient (Wildman–Crippen LogP) is 3.77. The van der Waals surface area contributed by atoms with Crippen molar-refractivity contribution in [2.45, 2.75) is 6.92 Å². The number of pyridine rings is 1. The van der Waals surface area contributed by atoms with Crippen molar-refractivity contribution in [3.8, 4) is 6.07 Å². The summed E-state index contributed by atoms with van der Waals surface area (Å²) in [4.78, 5) is 4.16. The van der Waals surface area contributed by atoms with Gasteiger partial charge in [-0.25, -0.2) is 4.98 Å². The molecule has 0 fully saturated rings. The highest BCUT2D eigenvalue weighted by molar-refractivity contribution is 9.10. The van der Waals surface area contributed by atoms with Crippen molar-refractivity contribution in [2.24, 2.45) is 0 Å². The Hall–Kier alpha value is -1.86. The van der Waals surface area contributed by atoms with Crippen molar-refractivity contribution in [3.05, 3.63) is 52.1 Å². The van der Waals surface area contributed by atoms with Gasteiger partial charge in [-0.2, -0.15) is 5.26 Å². The third-order valence-electron chi connectivity index (χ3n) is 2.37. The number of aromatic nitrogens is 1. The maximum atomic E-state index is 8.98. The van der Waals surface area contributed by atoms with Crippen LogP contribution in [0.5, 0.6) is 0 Å². The smallest absolute Gasteiger partial charge is 0.148 e. The lowest BCUT2D eigenvalue weighted by Gasteiger charge is -2.10. The van der Waals surface area contributed by atoms with Crippen molar-refractivity contribution < 1.29 is 0 Å². The molecule has 0 aliphatic rings. The van der Waals surface area contributed by atoms with E-state index < -0.39 is 0 Å². The van der Waals surface area contributed by atoms with Crippen molar-refractivity contribution in [2.75, 3.05) is 5.32 Å². The molecule has 0 atom stereocenters. The van der Waals surface area contributed by atoms with E-state index in [0.717, 1.165) is 15.7 Å². The van der Waals surface area contributed by atoms with E-state index in [1.54, 1.807) is 18.3 Å². The monoisotopic (exact) mass is 287 g/mol. The van der Waals surface area contributed by atoms with Gasteiger partial charge in [0, 0.05) is 10.7 Å². The largest absolute Gasteiger partial charge is 0.338 e. The molecule has 3 nitrogen and oxygen atoms in total. The van der Waals surface area contributed by atoms with E-state index in [1.165, 1.54) is 0 Å². The molecule has 0 radical (unpaired) electrons. The maximum absolute atomic E-state index is 8.98. The molecule has 1 aromatic heterocycles. The molecule has 4 heteroatoms. The lowest BCUT2D eigenvalue weighted by atomic mass is 10.2. The number of hydrogen-bond acceptors (Lipinski definition) is 3. The van der Waals surface area contributed by atoms with Gasteiger partial charge in [0.25, 0.3) is 0 Å². The second-order valence-corrected chi connectivity index (χ2v) is 4.37. The summed E-state index contributed by atoms with van der Waals surface area (Å²) in [6.45, 7) is 2.01. The molecule has 0 unspecified atom stereocenters. The van der Waals surface area contributed by atoms with Gasteiger partial charge in [0.2, 0.25) is 0 Å². The van der Waals surface area contributed by atoms with Gasteiger partial charge < -0.3 is 5.32 Å². The van der Waals surface area contributed by atoms with Gasteiger partial charge >= 0.3 is 0 Å². The highest BCUT2D eigenvalue weighted by Gasteiger charge is 2.06. The number of halogens is 1. The first-order valence-corrected chi connectivity index (χ1v) is 5.89. The van der Waals surface area contributed by atoms with Crippen LogP contribution in [0.2, 0.25) is 0 Å². The number of hydrogen-bond donors (Lipinski definition) is 1. The molecule has 0 saturated heterocycles. The Bertz CT molecular complexity index is 587. The fourth-order valence-corrected chi connectivity index (χ4v) is 1.83. The molecular weight excluding hydrogens is 278 g/mol. The fraction of sp³-hybridized carbons (Fsp3) is 0.0769. The van der Waals surface area contributed by atoms with Crippen LogP contribution in [0.15, 0.2) is 41.0 Å². The Morgan fingerprint density at radius 3 is 2.88 bits per heavy atom. The van der Waals surface area contributed by atoms with Gasteiger partial charge in [-0.3, -0.25) is 0 Å². The van der Waals surface area contributed by atoms with E-state index in [2.05, 4.69) is 32.3 Å². The summed E-state index contributed by atoms with van der Waals surface area (Å²) in [5.41, 5.74) is 2.56. The zero-order chi connectivity index (χ0) is 12.3. The molecule has 0 aliphatic carbocycles. The normalized spacial score (nSPS) is 9.71. The van der Waals surface area contributed by atoms with E-state index in [4.69, 9.17) is 5.26 Å². The third kappa shape index (κ3) is 2.45. The SMILES string of the molecule is Cc1cccc(Nc2ncccc2C#N)c1Br. The lowest BCUT2D eigenvalue weighted by Crippen LogP contribution is -1.97. The fourth-order valence-electron chi connectivity index (χ4n) is 1.47. The van der Waals surface area contributed by atoms with E-state index in [9.17, 15) is 0 Å². The summed E-state index contributed by atoms with van der Waals surface area (Å²) in [6.07, 6.45) is 1.66. The summed E-state index contributed by atoms with van der Waals surface area (Å²) in [6, 6.07) is 11.5. The lowest BCUT2D eigenvalue weighted by molar-refractivity contribution is 1.28. The average Bonchev–Trinajstić information content (AvgIpc) is 2.35. The number of benzene rings is 1. The Morgan fingerprint density at radius 2 is 2.12 bits per heavy atom. The van der Waals surface area contributed by atoms with Crippen LogP contribution in [0.25, 0.3) is 0 Å². The van der Waals surface area contributed by atoms with Gasteiger partial charge in [0.05, 0.1) is 11.3 Å². The molecule has 1 aromatic carbocycles. The first-order chi connectivity index (χ1) is 8.22. The molecule has 1 heterocycles. The van der Waals surface area contributed by atoms with Crippen molar-refractivity contribution in [1.82, 2.24) is 4.98 Å².